The number of aliphatic hydroxyl groups is 2. The van der Waals surface area contributed by atoms with Gasteiger partial charge in [-0.05, 0) is 0 Å². The van der Waals surface area contributed by atoms with E-state index in [1.165, 1.54) is 0 Å². The molecule has 0 aromatic carbocycles. The Bertz CT molecular complexity index is 505. The van der Waals surface area contributed by atoms with Crippen LogP contribution in [0.15, 0.2) is 15.7 Å². The van der Waals surface area contributed by atoms with Gasteiger partial charge >= 0.3 is 5.97 Å². The summed E-state index contributed by atoms with van der Waals surface area (Å²) in [6.07, 6.45) is -3.64. The maximum atomic E-state index is 11.3. The number of carbonyl (C=O) groups is 1. The average molecular weight is 244 g/mol. The molecule has 0 spiro atoms. The average Bonchev–Trinajstić information content (AvgIpc) is 2.31. The van der Waals surface area contributed by atoms with Crippen LogP contribution in [0, 0.1) is 0 Å². The van der Waals surface area contributed by atoms with Crippen LogP contribution < -0.4 is 11.1 Å². The van der Waals surface area contributed by atoms with E-state index in [4.69, 9.17) is 0 Å². The Labute approximate surface area is 94.9 Å². The first-order valence-corrected chi connectivity index (χ1v) is 4.70. The van der Waals surface area contributed by atoms with Crippen molar-refractivity contribution in [2.24, 2.45) is 0 Å². The molecule has 1 rings (SSSR count). The molecule has 0 aliphatic rings. The second-order valence-electron chi connectivity index (χ2n) is 3.34. The third-order valence-electron chi connectivity index (χ3n) is 2.13. The zero-order valence-electron chi connectivity index (χ0n) is 8.97. The number of aromatic amines is 2. The van der Waals surface area contributed by atoms with Crippen LogP contribution in [0.2, 0.25) is 0 Å². The summed E-state index contributed by atoms with van der Waals surface area (Å²) < 4.78 is 4.30. The summed E-state index contributed by atoms with van der Waals surface area (Å²) in [4.78, 5) is 33.1. The van der Waals surface area contributed by atoms with Crippen LogP contribution in [0.4, 0.5) is 0 Å². The normalized spacial score (nSPS) is 14.1. The zero-order chi connectivity index (χ0) is 13.0. The Kier molecular flexibility index (Phi) is 4.18. The molecule has 0 aliphatic carbocycles. The van der Waals surface area contributed by atoms with Gasteiger partial charge in [0, 0.05) is 6.07 Å². The second kappa shape index (κ2) is 5.41. The smallest absolute Gasteiger partial charge is 0.308 e. The van der Waals surface area contributed by atoms with Crippen molar-refractivity contribution in [1.29, 1.82) is 0 Å². The molecule has 0 saturated heterocycles. The molecule has 8 heteroatoms. The van der Waals surface area contributed by atoms with Crippen molar-refractivity contribution in [3.05, 3.63) is 32.3 Å². The number of aliphatic hydroxyl groups excluding tert-OH is 2. The van der Waals surface area contributed by atoms with E-state index in [0.29, 0.717) is 0 Å². The highest BCUT2D eigenvalue weighted by atomic mass is 16.5. The molecule has 17 heavy (non-hydrogen) atoms. The number of nitrogens with one attached hydrogen (secondary N) is 2. The topological polar surface area (TPSA) is 132 Å². The Morgan fingerprint density at radius 2 is 2.06 bits per heavy atom. The lowest BCUT2D eigenvalue weighted by atomic mass is 10.0. The number of ether oxygens (including phenoxy) is 1. The molecule has 0 aliphatic heterocycles. The van der Waals surface area contributed by atoms with E-state index in [2.05, 4.69) is 4.74 Å². The minimum Gasteiger partial charge on any atom is -0.469 e. The van der Waals surface area contributed by atoms with E-state index in [1.54, 1.807) is 0 Å². The summed E-state index contributed by atoms with van der Waals surface area (Å²) in [6, 6.07) is 0.851. The number of esters is 1. The van der Waals surface area contributed by atoms with E-state index in [9.17, 15) is 24.6 Å². The van der Waals surface area contributed by atoms with E-state index in [0.717, 1.165) is 13.2 Å². The van der Waals surface area contributed by atoms with E-state index in [1.807, 2.05) is 10.2 Å². The molecule has 0 radical (unpaired) electrons. The van der Waals surface area contributed by atoms with E-state index < -0.39 is 35.7 Å². The number of aromatic nitrogens is 2. The van der Waals surface area contributed by atoms with Crippen molar-refractivity contribution < 1.29 is 19.7 Å². The molecule has 0 saturated carbocycles. The van der Waals surface area contributed by atoms with Crippen LogP contribution in [0.5, 0.6) is 0 Å². The molecular formula is C9H12N2O6. The molecule has 1 aromatic rings. The number of methoxy groups -OCH3 is 1. The van der Waals surface area contributed by atoms with Crippen LogP contribution in [0.3, 0.4) is 0 Å². The van der Waals surface area contributed by atoms with Gasteiger partial charge in [0.25, 0.3) is 11.1 Å². The van der Waals surface area contributed by atoms with Gasteiger partial charge in [0.05, 0.1) is 25.2 Å². The van der Waals surface area contributed by atoms with E-state index >= 15 is 0 Å². The van der Waals surface area contributed by atoms with Crippen molar-refractivity contribution in [2.45, 2.75) is 18.6 Å². The lowest BCUT2D eigenvalue weighted by Gasteiger charge is -2.15. The summed E-state index contributed by atoms with van der Waals surface area (Å²) in [5.74, 6) is -0.738. The van der Waals surface area contributed by atoms with Crippen LogP contribution in [0.1, 0.15) is 18.1 Å². The molecule has 4 N–H and O–H groups in total. The van der Waals surface area contributed by atoms with Gasteiger partial charge in [0.1, 0.15) is 6.10 Å². The highest BCUT2D eigenvalue weighted by Crippen LogP contribution is 2.14. The summed E-state index contributed by atoms with van der Waals surface area (Å²) in [7, 11) is 1.13. The molecule has 1 heterocycles. The van der Waals surface area contributed by atoms with Crippen molar-refractivity contribution >= 4 is 5.97 Å². The quantitative estimate of drug-likeness (QED) is 0.454. The molecule has 0 bridgehead atoms. The fraction of sp³-hybridized carbons (Fsp3) is 0.444. The minimum atomic E-state index is -1.64. The monoisotopic (exact) mass is 244 g/mol. The first-order valence-electron chi connectivity index (χ1n) is 4.70. The fourth-order valence-corrected chi connectivity index (χ4v) is 1.23. The number of hydrogen-bond acceptors (Lipinski definition) is 6. The number of carbonyl (C=O) groups excluding carboxylic acids is 1. The number of hydrogen-bond donors (Lipinski definition) is 4. The number of H-pyrrole nitrogens is 2. The summed E-state index contributed by atoms with van der Waals surface area (Å²) >= 11 is 0. The van der Waals surface area contributed by atoms with Crippen LogP contribution in [-0.4, -0.2) is 39.6 Å². The van der Waals surface area contributed by atoms with E-state index in [-0.39, 0.29) is 5.56 Å². The first kappa shape index (κ1) is 13.1. The van der Waals surface area contributed by atoms with Crippen molar-refractivity contribution in [3.63, 3.8) is 0 Å². The third-order valence-corrected chi connectivity index (χ3v) is 2.13. The largest absolute Gasteiger partial charge is 0.469 e. The summed E-state index contributed by atoms with van der Waals surface area (Å²) in [5.41, 5.74) is -1.70. The molecule has 2 atom stereocenters. The highest BCUT2D eigenvalue weighted by molar-refractivity contribution is 5.69. The lowest BCUT2D eigenvalue weighted by molar-refractivity contribution is -0.144. The Hall–Kier alpha value is -1.93. The van der Waals surface area contributed by atoms with Gasteiger partial charge in [0.2, 0.25) is 0 Å². The molecule has 94 valence electrons. The molecule has 1 aromatic heterocycles. The van der Waals surface area contributed by atoms with Gasteiger partial charge in [-0.3, -0.25) is 24.6 Å². The number of rotatable bonds is 4. The van der Waals surface area contributed by atoms with Crippen molar-refractivity contribution in [2.75, 3.05) is 7.11 Å². The summed E-state index contributed by atoms with van der Waals surface area (Å²) in [6.45, 7) is 0. The maximum absolute atomic E-state index is 11.3. The predicted octanol–water partition coefficient (Wildman–Crippen LogP) is -1.98. The van der Waals surface area contributed by atoms with Gasteiger partial charge < -0.3 is 14.9 Å². The third kappa shape index (κ3) is 3.26. The zero-order valence-corrected chi connectivity index (χ0v) is 8.97. The van der Waals surface area contributed by atoms with Gasteiger partial charge in [0.15, 0.2) is 0 Å². The van der Waals surface area contributed by atoms with Crippen molar-refractivity contribution in [3.8, 4) is 0 Å². The minimum absolute atomic E-state index is 0.315. The van der Waals surface area contributed by atoms with Crippen molar-refractivity contribution in [1.82, 2.24) is 10.2 Å². The summed E-state index contributed by atoms with van der Waals surface area (Å²) in [5, 5.41) is 23.1. The molecule has 8 nitrogen and oxygen atoms in total. The van der Waals surface area contributed by atoms with Gasteiger partial charge in [-0.2, -0.15) is 0 Å². The van der Waals surface area contributed by atoms with Crippen LogP contribution >= 0.6 is 0 Å². The fourth-order valence-electron chi connectivity index (χ4n) is 1.23. The standard InChI is InChI=1S/C9H12N2O6/c1-17-7(14)3-5(12)8(15)4-2-6(13)10-11-9(4)16/h2,5,8,12,15H,3H2,1H3,(H,10,13)(H,11,16). The SMILES string of the molecule is COC(=O)CC(O)C(O)c1cc(=O)[nH][nH]c1=O. The Morgan fingerprint density at radius 1 is 1.41 bits per heavy atom. The first-order chi connectivity index (χ1) is 7.95. The van der Waals surface area contributed by atoms with Gasteiger partial charge in [-0.25, -0.2) is 0 Å². The van der Waals surface area contributed by atoms with Gasteiger partial charge in [-0.1, -0.05) is 0 Å². The van der Waals surface area contributed by atoms with Crippen LogP contribution in [0.25, 0.3) is 0 Å². The van der Waals surface area contributed by atoms with Crippen LogP contribution in [-0.2, 0) is 9.53 Å². The molecule has 0 amide bonds. The second-order valence-corrected chi connectivity index (χ2v) is 3.34. The Morgan fingerprint density at radius 3 is 2.65 bits per heavy atom. The lowest BCUT2D eigenvalue weighted by Crippen LogP contribution is -2.30. The highest BCUT2D eigenvalue weighted by Gasteiger charge is 2.24. The Balaban J connectivity index is 2.92. The predicted molar refractivity (Wildman–Crippen MR) is 55.3 cm³/mol. The molecule has 2 unspecified atom stereocenters. The molecule has 0 fully saturated rings. The van der Waals surface area contributed by atoms with Gasteiger partial charge in [-0.15, -0.1) is 0 Å². The maximum Gasteiger partial charge on any atom is 0.308 e. The molecular weight excluding hydrogens is 232 g/mol.